The molecule has 3 nitrogen and oxygen atoms in total. The lowest BCUT2D eigenvalue weighted by atomic mass is 9.95. The minimum absolute atomic E-state index is 0.275. The van der Waals surface area contributed by atoms with Crippen LogP contribution in [-0.4, -0.2) is 15.3 Å². The second-order valence-corrected chi connectivity index (χ2v) is 5.58. The third-order valence-electron chi connectivity index (χ3n) is 4.04. The number of Topliss-reactive ketones (excluding diaryl/α,β-unsaturated/α-hetero) is 1. The van der Waals surface area contributed by atoms with E-state index in [2.05, 4.69) is 11.1 Å². The lowest BCUT2D eigenvalue weighted by Gasteiger charge is -2.11. The highest BCUT2D eigenvalue weighted by molar-refractivity contribution is 5.84. The van der Waals surface area contributed by atoms with Crippen LogP contribution in [-0.2, 0) is 18.3 Å². The number of carbonyl (C=O) groups excluding carboxylic acids is 1. The van der Waals surface area contributed by atoms with E-state index in [0.717, 1.165) is 29.7 Å². The third-order valence-corrected chi connectivity index (χ3v) is 4.04. The van der Waals surface area contributed by atoms with E-state index in [4.69, 9.17) is 0 Å². The summed E-state index contributed by atoms with van der Waals surface area (Å²) in [6, 6.07) is 8.02. The quantitative estimate of drug-likeness (QED) is 0.794. The van der Waals surface area contributed by atoms with Gasteiger partial charge in [0, 0.05) is 13.5 Å². The first-order chi connectivity index (χ1) is 9.74. The first-order valence-corrected chi connectivity index (χ1v) is 7.34. The predicted octanol–water partition coefficient (Wildman–Crippen LogP) is 3.58. The zero-order chi connectivity index (χ0) is 13.9. The van der Waals surface area contributed by atoms with Crippen molar-refractivity contribution in [2.45, 2.75) is 38.5 Å². The maximum atomic E-state index is 12.2. The highest BCUT2D eigenvalue weighted by Gasteiger charge is 2.14. The predicted molar refractivity (Wildman–Crippen MR) is 80.6 cm³/mol. The number of allylic oxidation sites excluding steroid dienone is 2. The van der Waals surface area contributed by atoms with Crippen LogP contribution in [0.5, 0.6) is 0 Å². The number of ketones is 1. The summed E-state index contributed by atoms with van der Waals surface area (Å²) in [5.74, 6) is 1.14. The molecule has 0 spiro atoms. The van der Waals surface area contributed by atoms with Crippen molar-refractivity contribution in [3.8, 4) is 0 Å². The van der Waals surface area contributed by atoms with Crippen molar-refractivity contribution in [3.05, 3.63) is 41.7 Å². The number of carbonyl (C=O) groups is 1. The van der Waals surface area contributed by atoms with E-state index >= 15 is 0 Å². The molecule has 3 rings (SSSR count). The summed E-state index contributed by atoms with van der Waals surface area (Å²) in [6.07, 6.45) is 8.00. The van der Waals surface area contributed by atoms with Gasteiger partial charge in [-0.3, -0.25) is 4.79 Å². The van der Waals surface area contributed by atoms with Gasteiger partial charge in [-0.1, -0.05) is 23.8 Å². The number of rotatable bonds is 4. The Labute approximate surface area is 119 Å². The molecule has 0 atom stereocenters. The van der Waals surface area contributed by atoms with Crippen LogP contribution in [0.25, 0.3) is 11.0 Å². The maximum Gasteiger partial charge on any atom is 0.144 e. The lowest BCUT2D eigenvalue weighted by molar-refractivity contribution is -0.117. The van der Waals surface area contributed by atoms with Crippen molar-refractivity contribution >= 4 is 16.8 Å². The lowest BCUT2D eigenvalue weighted by Crippen LogP contribution is -2.09. The fourth-order valence-electron chi connectivity index (χ4n) is 2.91. The molecule has 0 saturated carbocycles. The number of aryl methyl sites for hydroxylation is 1. The Bertz CT molecular complexity index is 667. The van der Waals surface area contributed by atoms with Crippen LogP contribution in [0.3, 0.4) is 0 Å². The van der Waals surface area contributed by atoms with E-state index < -0.39 is 0 Å². The molecule has 0 N–H and O–H groups in total. The second kappa shape index (κ2) is 5.61. The first-order valence-electron chi connectivity index (χ1n) is 7.34. The number of aromatic nitrogens is 2. The van der Waals surface area contributed by atoms with Crippen LogP contribution in [0.2, 0.25) is 0 Å². The summed E-state index contributed by atoms with van der Waals surface area (Å²) in [5.41, 5.74) is 3.38. The van der Waals surface area contributed by atoms with Crippen molar-refractivity contribution in [1.82, 2.24) is 9.55 Å². The van der Waals surface area contributed by atoms with Gasteiger partial charge in [0.25, 0.3) is 0 Å². The molecule has 0 saturated heterocycles. The van der Waals surface area contributed by atoms with E-state index in [1.165, 1.54) is 18.4 Å². The molecule has 2 aromatic rings. The largest absolute Gasteiger partial charge is 0.331 e. The molecule has 1 aromatic heterocycles. The zero-order valence-corrected chi connectivity index (χ0v) is 11.9. The Morgan fingerprint density at radius 2 is 2.10 bits per heavy atom. The molecule has 0 unspecified atom stereocenters. The van der Waals surface area contributed by atoms with Crippen molar-refractivity contribution in [1.29, 1.82) is 0 Å². The summed E-state index contributed by atoms with van der Waals surface area (Å²) in [5, 5.41) is 0. The van der Waals surface area contributed by atoms with Crippen LogP contribution < -0.4 is 0 Å². The topological polar surface area (TPSA) is 34.9 Å². The second-order valence-electron chi connectivity index (χ2n) is 5.58. The van der Waals surface area contributed by atoms with Gasteiger partial charge >= 0.3 is 0 Å². The van der Waals surface area contributed by atoms with Gasteiger partial charge in [0.05, 0.1) is 17.5 Å². The van der Waals surface area contributed by atoms with Crippen LogP contribution in [0.1, 0.15) is 37.9 Å². The summed E-state index contributed by atoms with van der Waals surface area (Å²) >= 11 is 0. The molecule has 20 heavy (non-hydrogen) atoms. The molecule has 0 aliphatic heterocycles. The smallest absolute Gasteiger partial charge is 0.144 e. The molecule has 1 aliphatic rings. The maximum absolute atomic E-state index is 12.2. The van der Waals surface area contributed by atoms with Crippen molar-refractivity contribution in [2.24, 2.45) is 7.05 Å². The molecule has 3 heteroatoms. The SMILES string of the molecule is Cn1c(CC(=O)CC2=CCCCC2)nc2ccccc21. The number of para-hydroxylation sites is 2. The number of nitrogens with zero attached hydrogens (tertiary/aromatic N) is 2. The van der Waals surface area contributed by atoms with Gasteiger partial charge < -0.3 is 4.57 Å². The molecule has 104 valence electrons. The number of imidazole rings is 1. The normalized spacial score (nSPS) is 15.3. The number of hydrogen-bond donors (Lipinski definition) is 0. The van der Waals surface area contributed by atoms with E-state index in [1.807, 2.05) is 35.9 Å². The highest BCUT2D eigenvalue weighted by Crippen LogP contribution is 2.21. The van der Waals surface area contributed by atoms with Gasteiger partial charge in [0.2, 0.25) is 0 Å². The fraction of sp³-hybridized carbons (Fsp3) is 0.412. The van der Waals surface area contributed by atoms with Gasteiger partial charge in [-0.05, 0) is 37.8 Å². The van der Waals surface area contributed by atoms with Crippen LogP contribution in [0, 0.1) is 0 Å². The molecule has 1 aliphatic carbocycles. The van der Waals surface area contributed by atoms with Crippen LogP contribution >= 0.6 is 0 Å². The molecular weight excluding hydrogens is 248 g/mol. The van der Waals surface area contributed by atoms with Crippen LogP contribution in [0.4, 0.5) is 0 Å². The van der Waals surface area contributed by atoms with Gasteiger partial charge in [-0.25, -0.2) is 4.98 Å². The fourth-order valence-corrected chi connectivity index (χ4v) is 2.91. The van der Waals surface area contributed by atoms with Gasteiger partial charge in [0.1, 0.15) is 11.6 Å². The summed E-state index contributed by atoms with van der Waals surface area (Å²) < 4.78 is 2.03. The van der Waals surface area contributed by atoms with E-state index in [1.54, 1.807) is 0 Å². The number of fused-ring (bicyclic) bond motifs is 1. The molecule has 1 heterocycles. The Balaban J connectivity index is 1.74. The summed E-state index contributed by atoms with van der Waals surface area (Å²) in [7, 11) is 1.98. The first kappa shape index (κ1) is 13.1. The molecular formula is C17H20N2O. The van der Waals surface area contributed by atoms with Crippen molar-refractivity contribution in [3.63, 3.8) is 0 Å². The van der Waals surface area contributed by atoms with Gasteiger partial charge in [0.15, 0.2) is 0 Å². The monoisotopic (exact) mass is 268 g/mol. The molecule has 0 fully saturated rings. The Morgan fingerprint density at radius 1 is 1.25 bits per heavy atom. The van der Waals surface area contributed by atoms with Crippen molar-refractivity contribution in [2.75, 3.05) is 0 Å². The van der Waals surface area contributed by atoms with E-state index in [0.29, 0.717) is 12.8 Å². The summed E-state index contributed by atoms with van der Waals surface area (Å²) in [6.45, 7) is 0. The number of hydrogen-bond acceptors (Lipinski definition) is 2. The third kappa shape index (κ3) is 2.67. The minimum Gasteiger partial charge on any atom is -0.331 e. The Hall–Kier alpha value is -1.90. The minimum atomic E-state index is 0.275. The van der Waals surface area contributed by atoms with E-state index in [9.17, 15) is 4.79 Å². The zero-order valence-electron chi connectivity index (χ0n) is 11.9. The standard InChI is InChI=1S/C17H20N2O/c1-19-16-10-6-5-9-15(16)18-17(19)12-14(20)11-13-7-3-2-4-8-13/h5-7,9-10H,2-4,8,11-12H2,1H3. The summed E-state index contributed by atoms with van der Waals surface area (Å²) in [4.78, 5) is 16.8. The van der Waals surface area contributed by atoms with Gasteiger partial charge in [-0.15, -0.1) is 0 Å². The molecule has 1 aromatic carbocycles. The van der Waals surface area contributed by atoms with Crippen LogP contribution in [0.15, 0.2) is 35.9 Å². The highest BCUT2D eigenvalue weighted by atomic mass is 16.1. The average Bonchev–Trinajstić information content (AvgIpc) is 2.77. The Morgan fingerprint density at radius 3 is 2.85 bits per heavy atom. The number of benzene rings is 1. The average molecular weight is 268 g/mol. The molecule has 0 amide bonds. The molecule has 0 radical (unpaired) electrons. The van der Waals surface area contributed by atoms with Gasteiger partial charge in [-0.2, -0.15) is 0 Å². The Kier molecular flexibility index (Phi) is 3.68. The van der Waals surface area contributed by atoms with E-state index in [-0.39, 0.29) is 5.78 Å². The van der Waals surface area contributed by atoms with Crippen molar-refractivity contribution < 1.29 is 4.79 Å². The molecule has 0 bridgehead atoms.